The number of hydrogen-bond acceptors (Lipinski definition) is 3. The average Bonchev–Trinajstić information content (AvgIpc) is 2.52. The molecule has 1 heterocycles. The van der Waals surface area contributed by atoms with Crippen molar-refractivity contribution in [2.24, 2.45) is 5.92 Å². The number of rotatable bonds is 2. The summed E-state index contributed by atoms with van der Waals surface area (Å²) in [5.41, 5.74) is 0. The first kappa shape index (κ1) is 9.45. The van der Waals surface area contributed by atoms with Crippen LogP contribution in [-0.4, -0.2) is 32.9 Å². The van der Waals surface area contributed by atoms with Crippen LogP contribution in [0.4, 0.5) is 0 Å². The van der Waals surface area contributed by atoms with Gasteiger partial charge in [-0.15, -0.1) is 0 Å². The van der Waals surface area contributed by atoms with Gasteiger partial charge < -0.3 is 0 Å². The van der Waals surface area contributed by atoms with E-state index in [1.54, 1.807) is 0 Å². The van der Waals surface area contributed by atoms with E-state index in [0.717, 1.165) is 0 Å². The van der Waals surface area contributed by atoms with E-state index in [-0.39, 0.29) is 5.92 Å². The molecule has 1 saturated heterocycles. The van der Waals surface area contributed by atoms with E-state index < -0.39 is 10.2 Å². The Morgan fingerprint density at radius 3 is 2.75 bits per heavy atom. The number of hydrogen-bond donors (Lipinski definition) is 1. The Hall–Kier alpha value is -0.640. The van der Waals surface area contributed by atoms with Crippen LogP contribution in [0, 0.1) is 17.2 Å². The fourth-order valence-corrected chi connectivity index (χ4v) is 2.16. The molecule has 0 radical (unpaired) electrons. The van der Waals surface area contributed by atoms with Crippen LogP contribution in [-0.2, 0) is 10.2 Å². The first-order chi connectivity index (χ1) is 5.60. The van der Waals surface area contributed by atoms with Crippen LogP contribution in [0.2, 0.25) is 0 Å². The van der Waals surface area contributed by atoms with Crippen molar-refractivity contribution in [1.82, 2.24) is 9.03 Å². The topological polar surface area (TPSA) is 73.2 Å². The maximum absolute atomic E-state index is 11.2. The van der Waals surface area contributed by atoms with E-state index >= 15 is 0 Å². The highest BCUT2D eigenvalue weighted by Crippen LogP contribution is 2.16. The lowest BCUT2D eigenvalue weighted by molar-refractivity contribution is 0.464. The van der Waals surface area contributed by atoms with Gasteiger partial charge in [0.25, 0.3) is 10.2 Å². The fourth-order valence-electron chi connectivity index (χ4n) is 1.18. The Bertz CT molecular complexity index is 292. The first-order valence-electron chi connectivity index (χ1n) is 3.68. The van der Waals surface area contributed by atoms with Crippen LogP contribution in [0.3, 0.4) is 0 Å². The summed E-state index contributed by atoms with van der Waals surface area (Å²) in [6.45, 7) is 0.765. The molecule has 68 valence electrons. The smallest absolute Gasteiger partial charge is 0.205 e. The minimum Gasteiger partial charge on any atom is -0.205 e. The van der Waals surface area contributed by atoms with Crippen LogP contribution in [0.5, 0.6) is 0 Å². The van der Waals surface area contributed by atoms with E-state index in [0.29, 0.717) is 19.5 Å². The second kappa shape index (κ2) is 3.39. The van der Waals surface area contributed by atoms with Crippen molar-refractivity contribution >= 4 is 10.2 Å². The predicted octanol–water partition coefficient (Wildman–Crippen LogP) is -0.704. The summed E-state index contributed by atoms with van der Waals surface area (Å²) in [7, 11) is -1.94. The van der Waals surface area contributed by atoms with Crippen molar-refractivity contribution in [2.45, 2.75) is 6.42 Å². The molecule has 0 bridgehead atoms. The Morgan fingerprint density at radius 2 is 2.33 bits per heavy atom. The highest BCUT2D eigenvalue weighted by molar-refractivity contribution is 7.87. The van der Waals surface area contributed by atoms with Crippen LogP contribution in [0.25, 0.3) is 0 Å². The maximum atomic E-state index is 11.2. The van der Waals surface area contributed by atoms with Gasteiger partial charge in [-0.25, -0.2) is 4.72 Å². The monoisotopic (exact) mass is 189 g/mol. The molecule has 5 nitrogen and oxygen atoms in total. The Morgan fingerprint density at radius 1 is 1.67 bits per heavy atom. The summed E-state index contributed by atoms with van der Waals surface area (Å²) >= 11 is 0. The summed E-state index contributed by atoms with van der Waals surface area (Å²) in [5, 5.41) is 8.53. The highest BCUT2D eigenvalue weighted by Gasteiger charge is 2.29. The molecule has 0 aromatic heterocycles. The zero-order valence-corrected chi connectivity index (χ0v) is 7.63. The Labute approximate surface area is 72.2 Å². The van der Waals surface area contributed by atoms with Crippen LogP contribution in [0.15, 0.2) is 0 Å². The second-order valence-corrected chi connectivity index (χ2v) is 4.56. The molecule has 12 heavy (non-hydrogen) atoms. The molecule has 1 aliphatic heterocycles. The van der Waals surface area contributed by atoms with Gasteiger partial charge in [0.05, 0.1) is 12.0 Å². The number of nitrogens with one attached hydrogen (secondary N) is 1. The third-order valence-corrected chi connectivity index (χ3v) is 3.46. The lowest BCUT2D eigenvalue weighted by Gasteiger charge is -2.13. The molecule has 0 aromatic rings. The Balaban J connectivity index is 2.66. The largest absolute Gasteiger partial charge is 0.279 e. The summed E-state index contributed by atoms with van der Waals surface area (Å²) in [6.07, 6.45) is 0.636. The molecule has 1 rings (SSSR count). The molecule has 0 spiro atoms. The van der Waals surface area contributed by atoms with Crippen molar-refractivity contribution in [3.8, 4) is 6.07 Å². The molecule has 0 amide bonds. The van der Waals surface area contributed by atoms with Crippen molar-refractivity contribution in [3.63, 3.8) is 0 Å². The van der Waals surface area contributed by atoms with Gasteiger partial charge in [0.2, 0.25) is 0 Å². The van der Waals surface area contributed by atoms with E-state index in [1.165, 1.54) is 11.4 Å². The standard InChI is InChI=1S/C6H11N3O2S/c1-8-12(10,11)9-3-2-6(4-7)5-9/h6,8H,2-3,5H2,1H3/t6-/m0/s1. The predicted molar refractivity (Wildman–Crippen MR) is 43.3 cm³/mol. The lowest BCUT2D eigenvalue weighted by atomic mass is 10.1. The summed E-state index contributed by atoms with van der Waals surface area (Å²) in [6, 6.07) is 2.06. The van der Waals surface area contributed by atoms with Crippen molar-refractivity contribution < 1.29 is 8.42 Å². The minimum atomic E-state index is -3.31. The zero-order valence-electron chi connectivity index (χ0n) is 6.82. The molecule has 0 aliphatic carbocycles. The molecule has 0 unspecified atom stereocenters. The van der Waals surface area contributed by atoms with Gasteiger partial charge in [-0.1, -0.05) is 0 Å². The van der Waals surface area contributed by atoms with Gasteiger partial charge in [-0.05, 0) is 6.42 Å². The fraction of sp³-hybridized carbons (Fsp3) is 0.833. The molecule has 1 N–H and O–H groups in total. The van der Waals surface area contributed by atoms with Crippen LogP contribution < -0.4 is 4.72 Å². The van der Waals surface area contributed by atoms with E-state index in [2.05, 4.69) is 10.8 Å². The summed E-state index contributed by atoms with van der Waals surface area (Å²) < 4.78 is 25.8. The van der Waals surface area contributed by atoms with E-state index in [1.807, 2.05) is 0 Å². The van der Waals surface area contributed by atoms with Crippen molar-refractivity contribution in [3.05, 3.63) is 0 Å². The summed E-state index contributed by atoms with van der Waals surface area (Å²) in [5.74, 6) is -0.145. The average molecular weight is 189 g/mol. The van der Waals surface area contributed by atoms with Crippen LogP contribution in [0.1, 0.15) is 6.42 Å². The number of nitrogens with zero attached hydrogens (tertiary/aromatic N) is 2. The molecule has 0 aromatic carbocycles. The normalized spacial score (nSPS) is 25.5. The molecule has 6 heteroatoms. The molecule has 1 aliphatic rings. The third kappa shape index (κ3) is 1.75. The second-order valence-electron chi connectivity index (χ2n) is 2.68. The highest BCUT2D eigenvalue weighted by atomic mass is 32.2. The maximum Gasteiger partial charge on any atom is 0.279 e. The number of nitriles is 1. The minimum absolute atomic E-state index is 0.145. The van der Waals surface area contributed by atoms with Gasteiger partial charge in [0.15, 0.2) is 0 Å². The molecule has 1 atom stereocenters. The third-order valence-electron chi connectivity index (χ3n) is 1.93. The van der Waals surface area contributed by atoms with Crippen molar-refractivity contribution in [1.29, 1.82) is 5.26 Å². The molecular weight excluding hydrogens is 178 g/mol. The Kier molecular flexibility index (Phi) is 2.67. The quantitative estimate of drug-likeness (QED) is 0.624. The SMILES string of the molecule is CNS(=O)(=O)N1CC[C@@H](C#N)C1. The molecular formula is C6H11N3O2S. The van der Waals surface area contributed by atoms with Gasteiger partial charge in [0.1, 0.15) is 0 Å². The lowest BCUT2D eigenvalue weighted by Crippen LogP contribution is -2.37. The summed E-state index contributed by atoms with van der Waals surface area (Å²) in [4.78, 5) is 0. The van der Waals surface area contributed by atoms with Crippen LogP contribution >= 0.6 is 0 Å². The van der Waals surface area contributed by atoms with E-state index in [4.69, 9.17) is 5.26 Å². The van der Waals surface area contributed by atoms with Crippen molar-refractivity contribution in [2.75, 3.05) is 20.1 Å². The molecule has 0 saturated carbocycles. The molecule has 1 fully saturated rings. The van der Waals surface area contributed by atoms with Gasteiger partial charge in [0, 0.05) is 20.1 Å². The first-order valence-corrected chi connectivity index (χ1v) is 5.12. The van der Waals surface area contributed by atoms with Gasteiger partial charge in [-0.3, -0.25) is 0 Å². The van der Waals surface area contributed by atoms with Gasteiger partial charge >= 0.3 is 0 Å². The van der Waals surface area contributed by atoms with E-state index in [9.17, 15) is 8.42 Å². The van der Waals surface area contributed by atoms with Gasteiger partial charge in [-0.2, -0.15) is 18.0 Å². The zero-order chi connectivity index (χ0) is 9.19.